The molecule has 0 saturated carbocycles. The van der Waals surface area contributed by atoms with E-state index in [0.29, 0.717) is 6.54 Å². The molecule has 2 rings (SSSR count). The highest BCUT2D eigenvalue weighted by Crippen LogP contribution is 2.35. The molecule has 1 atom stereocenters. The number of hydrogen-bond donors (Lipinski definition) is 0. The fourth-order valence-electron chi connectivity index (χ4n) is 2.31. The van der Waals surface area contributed by atoms with Crippen LogP contribution >= 0.6 is 11.6 Å². The van der Waals surface area contributed by atoms with Crippen LogP contribution in [0.15, 0.2) is 30.9 Å². The van der Waals surface area contributed by atoms with Crippen LogP contribution in [0, 0.1) is 11.2 Å². The molecule has 1 aliphatic rings. The van der Waals surface area contributed by atoms with E-state index in [1.165, 1.54) is 18.2 Å². The minimum Gasteiger partial charge on any atom is -0.370 e. The summed E-state index contributed by atoms with van der Waals surface area (Å²) in [6, 6.07) is 4.72. The number of allylic oxidation sites excluding steroid dienone is 1. The summed E-state index contributed by atoms with van der Waals surface area (Å²) in [5, 5.41) is 0.114. The molecule has 0 aromatic heterocycles. The average Bonchev–Trinajstić information content (AvgIpc) is 2.87. The highest BCUT2D eigenvalue weighted by molar-refractivity contribution is 6.30. The Morgan fingerprint density at radius 2 is 2.15 bits per heavy atom. The first-order valence-corrected chi connectivity index (χ1v) is 7.21. The Bertz CT molecular complexity index is 503. The van der Waals surface area contributed by atoms with Crippen molar-refractivity contribution in [3.8, 4) is 0 Å². The summed E-state index contributed by atoms with van der Waals surface area (Å²) in [6.07, 6.45) is 2.12. The van der Waals surface area contributed by atoms with Crippen LogP contribution in [0.25, 0.3) is 0 Å². The molecule has 1 aromatic rings. The largest absolute Gasteiger partial charge is 0.370 e. The first kappa shape index (κ1) is 16.7. The second-order valence-corrected chi connectivity index (χ2v) is 5.31. The van der Waals surface area contributed by atoms with E-state index in [-0.39, 0.29) is 10.8 Å². The van der Waals surface area contributed by atoms with Crippen molar-refractivity contribution in [1.82, 2.24) is 0 Å². The number of rotatable bonds is 3. The van der Waals surface area contributed by atoms with E-state index in [9.17, 15) is 9.18 Å². The van der Waals surface area contributed by atoms with Crippen LogP contribution < -0.4 is 4.90 Å². The molecule has 4 heteroatoms. The van der Waals surface area contributed by atoms with Crippen molar-refractivity contribution in [2.75, 3.05) is 18.0 Å². The Morgan fingerprint density at radius 3 is 2.70 bits per heavy atom. The molecular weight excluding hydrogens is 277 g/mol. The highest BCUT2D eigenvalue weighted by Gasteiger charge is 2.38. The molecule has 2 nitrogen and oxygen atoms in total. The molecular formula is C16H21ClFNO. The Hall–Kier alpha value is -1.35. The van der Waals surface area contributed by atoms with Gasteiger partial charge in [0.05, 0.1) is 5.02 Å². The fourth-order valence-corrected chi connectivity index (χ4v) is 2.43. The van der Waals surface area contributed by atoms with Crippen LogP contribution in [0.1, 0.15) is 27.2 Å². The van der Waals surface area contributed by atoms with Crippen molar-refractivity contribution in [3.05, 3.63) is 41.7 Å². The number of anilines is 1. The number of hydrogen-bond acceptors (Lipinski definition) is 2. The first-order chi connectivity index (χ1) is 9.46. The van der Waals surface area contributed by atoms with Crippen LogP contribution in [0.5, 0.6) is 0 Å². The fraction of sp³-hybridized carbons (Fsp3) is 0.438. The van der Waals surface area contributed by atoms with Crippen LogP contribution in [-0.4, -0.2) is 18.9 Å². The van der Waals surface area contributed by atoms with E-state index in [2.05, 4.69) is 6.58 Å². The predicted octanol–water partition coefficient (Wildman–Crippen LogP) is 4.48. The van der Waals surface area contributed by atoms with E-state index in [0.717, 1.165) is 18.7 Å². The minimum atomic E-state index is -0.433. The van der Waals surface area contributed by atoms with Crippen LogP contribution in [0.4, 0.5) is 10.1 Å². The van der Waals surface area contributed by atoms with E-state index >= 15 is 0 Å². The third-order valence-corrected chi connectivity index (χ3v) is 3.83. The zero-order chi connectivity index (χ0) is 15.3. The molecule has 0 bridgehead atoms. The van der Waals surface area contributed by atoms with Crippen molar-refractivity contribution in [3.63, 3.8) is 0 Å². The summed E-state index contributed by atoms with van der Waals surface area (Å²) in [7, 11) is 0. The summed E-state index contributed by atoms with van der Waals surface area (Å²) in [4.78, 5) is 13.8. The van der Waals surface area contributed by atoms with Crippen molar-refractivity contribution >= 4 is 23.1 Å². The number of ketones is 1. The van der Waals surface area contributed by atoms with Gasteiger partial charge < -0.3 is 4.90 Å². The van der Waals surface area contributed by atoms with Crippen molar-refractivity contribution in [2.24, 2.45) is 5.41 Å². The standard InChI is InChI=1S/C14H15ClFNO.C2H6/c1-3-13(18)14(2)6-7-17(9-14)10-4-5-11(15)12(16)8-10;1-2/h3-5,8H,1,6-7,9H2,2H3;1-2H3. The first-order valence-electron chi connectivity index (χ1n) is 6.83. The summed E-state index contributed by atoms with van der Waals surface area (Å²) >= 11 is 5.66. The molecule has 1 aromatic carbocycles. The lowest BCUT2D eigenvalue weighted by Crippen LogP contribution is -2.30. The number of halogens is 2. The summed E-state index contributed by atoms with van der Waals surface area (Å²) in [5.41, 5.74) is 0.343. The molecule has 0 N–H and O–H groups in total. The summed E-state index contributed by atoms with van der Waals surface area (Å²) < 4.78 is 13.4. The average molecular weight is 298 g/mol. The topological polar surface area (TPSA) is 20.3 Å². The molecule has 110 valence electrons. The van der Waals surface area contributed by atoms with Crippen molar-refractivity contribution in [2.45, 2.75) is 27.2 Å². The van der Waals surface area contributed by atoms with Gasteiger partial charge in [-0.2, -0.15) is 0 Å². The van der Waals surface area contributed by atoms with Crippen LogP contribution in [0.3, 0.4) is 0 Å². The molecule has 0 spiro atoms. The molecule has 1 unspecified atom stereocenters. The van der Waals surface area contributed by atoms with E-state index < -0.39 is 11.2 Å². The van der Waals surface area contributed by atoms with E-state index in [4.69, 9.17) is 11.6 Å². The van der Waals surface area contributed by atoms with Crippen LogP contribution in [-0.2, 0) is 4.79 Å². The molecule has 0 amide bonds. The van der Waals surface area contributed by atoms with Crippen molar-refractivity contribution < 1.29 is 9.18 Å². The molecule has 1 fully saturated rings. The van der Waals surface area contributed by atoms with Gasteiger partial charge in [-0.05, 0) is 30.7 Å². The maximum absolute atomic E-state index is 13.4. The molecule has 0 aliphatic carbocycles. The van der Waals surface area contributed by atoms with Gasteiger partial charge in [0.25, 0.3) is 0 Å². The van der Waals surface area contributed by atoms with Gasteiger partial charge in [-0.1, -0.05) is 39.0 Å². The Balaban J connectivity index is 0.000000956. The van der Waals surface area contributed by atoms with Gasteiger partial charge in [-0.15, -0.1) is 0 Å². The third kappa shape index (κ3) is 3.40. The maximum Gasteiger partial charge on any atom is 0.162 e. The Kier molecular flexibility index (Phi) is 5.75. The smallest absolute Gasteiger partial charge is 0.162 e. The quantitative estimate of drug-likeness (QED) is 0.767. The molecule has 0 radical (unpaired) electrons. The van der Waals surface area contributed by atoms with Gasteiger partial charge in [-0.3, -0.25) is 4.79 Å². The van der Waals surface area contributed by atoms with Gasteiger partial charge in [0.15, 0.2) is 5.78 Å². The zero-order valence-corrected chi connectivity index (χ0v) is 13.0. The third-order valence-electron chi connectivity index (χ3n) is 3.52. The lowest BCUT2D eigenvalue weighted by molar-refractivity contribution is -0.121. The van der Waals surface area contributed by atoms with Crippen molar-refractivity contribution in [1.29, 1.82) is 0 Å². The van der Waals surface area contributed by atoms with E-state index in [1.54, 1.807) is 6.07 Å². The van der Waals surface area contributed by atoms with Gasteiger partial charge in [0.2, 0.25) is 0 Å². The number of benzene rings is 1. The Labute approximate surface area is 125 Å². The SMILES string of the molecule is C=CC(=O)C1(C)CCN(c2ccc(Cl)c(F)c2)C1.CC. The highest BCUT2D eigenvalue weighted by atomic mass is 35.5. The number of carbonyl (C=O) groups is 1. The predicted molar refractivity (Wildman–Crippen MR) is 82.9 cm³/mol. The second kappa shape index (κ2) is 6.89. The van der Waals surface area contributed by atoms with Crippen LogP contribution in [0.2, 0.25) is 5.02 Å². The lowest BCUT2D eigenvalue weighted by atomic mass is 9.85. The van der Waals surface area contributed by atoms with Gasteiger partial charge in [0.1, 0.15) is 5.82 Å². The second-order valence-electron chi connectivity index (χ2n) is 4.90. The summed E-state index contributed by atoms with van der Waals surface area (Å²) in [6.45, 7) is 10.8. The minimum absolute atomic E-state index is 0.0411. The molecule has 1 saturated heterocycles. The molecule has 1 aliphatic heterocycles. The zero-order valence-electron chi connectivity index (χ0n) is 12.2. The van der Waals surface area contributed by atoms with Gasteiger partial charge in [-0.25, -0.2) is 4.39 Å². The van der Waals surface area contributed by atoms with Gasteiger partial charge >= 0.3 is 0 Å². The van der Waals surface area contributed by atoms with E-state index in [1.807, 2.05) is 25.7 Å². The van der Waals surface area contributed by atoms with Gasteiger partial charge in [0, 0.05) is 24.2 Å². The molecule has 1 heterocycles. The lowest BCUT2D eigenvalue weighted by Gasteiger charge is -2.23. The maximum atomic E-state index is 13.4. The number of carbonyl (C=O) groups excluding carboxylic acids is 1. The normalized spacial score (nSPS) is 21.1. The Morgan fingerprint density at radius 1 is 1.50 bits per heavy atom. The molecule has 20 heavy (non-hydrogen) atoms. The summed E-state index contributed by atoms with van der Waals surface area (Å²) in [5.74, 6) is -0.391. The number of nitrogens with zero attached hydrogens (tertiary/aromatic N) is 1. The monoisotopic (exact) mass is 297 g/mol.